The molecule has 3 atom stereocenters. The monoisotopic (exact) mass is 785 g/mol. The van der Waals surface area contributed by atoms with E-state index in [1.54, 1.807) is 37.7 Å². The lowest BCUT2D eigenvalue weighted by Gasteiger charge is -2.41. The van der Waals surface area contributed by atoms with Crippen LogP contribution in [-0.4, -0.2) is 92.6 Å². The van der Waals surface area contributed by atoms with Gasteiger partial charge in [0.2, 0.25) is 5.91 Å². The molecular weight excluding hydrogens is 727 g/mol. The van der Waals surface area contributed by atoms with E-state index in [4.69, 9.17) is 23.7 Å². The lowest BCUT2D eigenvalue weighted by Crippen LogP contribution is -2.51. The Kier molecular flexibility index (Phi) is 12.7. The third kappa shape index (κ3) is 9.83. The highest BCUT2D eigenvalue weighted by Crippen LogP contribution is 2.44. The van der Waals surface area contributed by atoms with Crippen LogP contribution in [0.1, 0.15) is 97.6 Å². The van der Waals surface area contributed by atoms with Crippen molar-refractivity contribution >= 4 is 40.8 Å². The summed E-state index contributed by atoms with van der Waals surface area (Å²) in [5.41, 5.74) is 2.77. The van der Waals surface area contributed by atoms with Crippen molar-refractivity contribution in [2.24, 2.45) is 11.8 Å². The molecule has 3 amide bonds. The van der Waals surface area contributed by atoms with Crippen molar-refractivity contribution in [2.75, 3.05) is 56.4 Å². The summed E-state index contributed by atoms with van der Waals surface area (Å²) in [6.45, 7) is 14.8. The second kappa shape index (κ2) is 17.3. The van der Waals surface area contributed by atoms with Gasteiger partial charge in [0.05, 0.1) is 24.0 Å². The first-order chi connectivity index (χ1) is 27.1. The molecule has 0 aromatic heterocycles. The quantitative estimate of drug-likeness (QED) is 0.149. The predicted molar refractivity (Wildman–Crippen MR) is 218 cm³/mol. The van der Waals surface area contributed by atoms with E-state index in [0.29, 0.717) is 56.1 Å². The number of methoxy groups -OCH3 is 1. The Labute approximate surface area is 337 Å². The SMILES string of the molecule is CCOC(=O)C(C)(C)OC1=CC=C(c2cccc([C@H]3CCN(C(=O)OC(C)(C)C)C[C@@H]3C(=O)N(c3ccc4c(c3)N(CCCOC)C(=O)CO4)C3CC3)c2)C(C)C1. The minimum Gasteiger partial charge on any atom is -0.482 e. The third-order valence-electron chi connectivity index (χ3n) is 10.9. The Balaban J connectivity index is 1.32. The molecule has 0 bridgehead atoms. The van der Waals surface area contributed by atoms with Gasteiger partial charge in [0.25, 0.3) is 5.91 Å². The van der Waals surface area contributed by atoms with Crippen molar-refractivity contribution in [3.8, 4) is 5.75 Å². The lowest BCUT2D eigenvalue weighted by atomic mass is 9.78. The van der Waals surface area contributed by atoms with Crippen LogP contribution >= 0.6 is 0 Å². The van der Waals surface area contributed by atoms with Gasteiger partial charge in [0.1, 0.15) is 11.4 Å². The fraction of sp³-hybridized carbons (Fsp3) is 0.556. The molecule has 1 saturated carbocycles. The zero-order chi connectivity index (χ0) is 41.1. The van der Waals surface area contributed by atoms with Gasteiger partial charge >= 0.3 is 12.1 Å². The molecule has 4 aliphatic rings. The first kappa shape index (κ1) is 41.8. The molecule has 12 heteroatoms. The number of nitrogens with zero attached hydrogens (tertiary/aromatic N) is 3. The van der Waals surface area contributed by atoms with Gasteiger partial charge in [-0.3, -0.25) is 9.59 Å². The highest BCUT2D eigenvalue weighted by atomic mass is 16.6. The number of rotatable bonds is 13. The van der Waals surface area contributed by atoms with Gasteiger partial charge in [0.15, 0.2) is 12.2 Å². The van der Waals surface area contributed by atoms with Crippen LogP contribution in [0.25, 0.3) is 5.57 Å². The standard InChI is InChI=1S/C45H59N3O9/c1-9-54-42(51)45(6,7)56-34-17-18-35(29(2)24-34)30-12-10-13-31(25-30)36-20-22-46(43(52)57-44(3,4)5)27-37(36)41(50)48(32-14-15-32)33-16-19-39-38(26-33)47(21-11-23-53-8)40(49)28-55-39/h10,12-13,16-19,25-26,29,32,36-37H,9,11,14-15,20-24,27-28H2,1-8H3/t29?,36-,37+/m1/s1. The topological polar surface area (TPSA) is 124 Å². The van der Waals surface area contributed by atoms with Crippen LogP contribution in [0.5, 0.6) is 5.75 Å². The summed E-state index contributed by atoms with van der Waals surface area (Å²) in [5.74, 6) is 0.0859. The van der Waals surface area contributed by atoms with E-state index in [-0.39, 0.29) is 49.5 Å². The van der Waals surface area contributed by atoms with Crippen molar-refractivity contribution in [1.82, 2.24) is 4.90 Å². The summed E-state index contributed by atoms with van der Waals surface area (Å²) in [6, 6.07) is 14.0. The largest absolute Gasteiger partial charge is 0.482 e. The number of carbonyl (C=O) groups is 4. The second-order valence-corrected chi connectivity index (χ2v) is 17.0. The smallest absolute Gasteiger partial charge is 0.410 e. The van der Waals surface area contributed by atoms with Crippen molar-refractivity contribution in [3.63, 3.8) is 0 Å². The van der Waals surface area contributed by atoms with Gasteiger partial charge in [-0.1, -0.05) is 37.3 Å². The van der Waals surface area contributed by atoms with Gasteiger partial charge in [-0.05, 0) is 120 Å². The zero-order valence-electron chi connectivity index (χ0n) is 34.8. The Bertz CT molecular complexity index is 1890. The average Bonchev–Trinajstić information content (AvgIpc) is 4.00. The molecule has 2 fully saturated rings. The van der Waals surface area contributed by atoms with Crippen LogP contribution < -0.4 is 14.5 Å². The number of ether oxygens (including phenoxy) is 5. The first-order valence-electron chi connectivity index (χ1n) is 20.3. The Morgan fingerprint density at radius 1 is 1.00 bits per heavy atom. The van der Waals surface area contributed by atoms with Gasteiger partial charge < -0.3 is 38.4 Å². The van der Waals surface area contributed by atoms with Gasteiger partial charge in [-0.15, -0.1) is 0 Å². The number of fused-ring (bicyclic) bond motifs is 1. The van der Waals surface area contributed by atoms with Gasteiger partial charge in [-0.25, -0.2) is 9.59 Å². The molecule has 57 heavy (non-hydrogen) atoms. The second-order valence-electron chi connectivity index (χ2n) is 17.0. The Hall–Kier alpha value is -4.84. The van der Waals surface area contributed by atoms with E-state index in [2.05, 4.69) is 31.2 Å². The minimum absolute atomic E-state index is 0.00633. The van der Waals surface area contributed by atoms with Crippen LogP contribution in [0.2, 0.25) is 0 Å². The molecule has 1 saturated heterocycles. The number of piperidine rings is 1. The van der Waals surface area contributed by atoms with E-state index in [0.717, 1.165) is 35.3 Å². The number of anilines is 2. The van der Waals surface area contributed by atoms with Gasteiger partial charge in [0, 0.05) is 51.5 Å². The molecule has 2 heterocycles. The number of carbonyl (C=O) groups excluding carboxylic acids is 4. The Morgan fingerprint density at radius 2 is 1.77 bits per heavy atom. The molecule has 2 aromatic rings. The number of hydrogen-bond donors (Lipinski definition) is 0. The molecule has 2 aliphatic carbocycles. The maximum Gasteiger partial charge on any atom is 0.410 e. The van der Waals surface area contributed by atoms with Gasteiger partial charge in [-0.2, -0.15) is 0 Å². The van der Waals surface area contributed by atoms with E-state index in [1.165, 1.54) is 0 Å². The molecule has 2 aliphatic heterocycles. The Morgan fingerprint density at radius 3 is 2.46 bits per heavy atom. The van der Waals surface area contributed by atoms with E-state index >= 15 is 4.79 Å². The van der Waals surface area contributed by atoms with Crippen LogP contribution in [0, 0.1) is 11.8 Å². The molecular formula is C45H59N3O9. The molecule has 2 aromatic carbocycles. The van der Waals surface area contributed by atoms with Crippen LogP contribution in [0.3, 0.4) is 0 Å². The number of allylic oxidation sites excluding steroid dienone is 4. The minimum atomic E-state index is -1.11. The predicted octanol–water partition coefficient (Wildman–Crippen LogP) is 7.65. The summed E-state index contributed by atoms with van der Waals surface area (Å²) in [5, 5.41) is 0. The molecule has 6 rings (SSSR count). The maximum absolute atomic E-state index is 15.2. The summed E-state index contributed by atoms with van der Waals surface area (Å²) in [4.78, 5) is 59.5. The maximum atomic E-state index is 15.2. The number of likely N-dealkylation sites (tertiary alicyclic amines) is 1. The van der Waals surface area contributed by atoms with E-state index in [9.17, 15) is 14.4 Å². The van der Waals surface area contributed by atoms with E-state index in [1.807, 2.05) is 56.0 Å². The van der Waals surface area contributed by atoms with Crippen molar-refractivity contribution < 1.29 is 42.9 Å². The van der Waals surface area contributed by atoms with Crippen molar-refractivity contribution in [3.05, 3.63) is 71.5 Å². The fourth-order valence-corrected chi connectivity index (χ4v) is 7.98. The molecule has 308 valence electrons. The first-order valence-corrected chi connectivity index (χ1v) is 20.3. The molecule has 12 nitrogen and oxygen atoms in total. The van der Waals surface area contributed by atoms with Crippen molar-refractivity contribution in [1.29, 1.82) is 0 Å². The third-order valence-corrected chi connectivity index (χ3v) is 10.9. The number of esters is 1. The summed E-state index contributed by atoms with van der Waals surface area (Å²) in [7, 11) is 1.64. The average molecular weight is 786 g/mol. The van der Waals surface area contributed by atoms with Crippen LogP contribution in [0.15, 0.2) is 60.4 Å². The summed E-state index contributed by atoms with van der Waals surface area (Å²) in [6.07, 6.45) is 7.13. The van der Waals surface area contributed by atoms with Crippen LogP contribution in [0.4, 0.5) is 16.2 Å². The van der Waals surface area contributed by atoms with Crippen molar-refractivity contribution in [2.45, 2.75) is 104 Å². The molecule has 1 unspecified atom stereocenters. The summed E-state index contributed by atoms with van der Waals surface area (Å²) < 4.78 is 28.2. The molecule has 0 spiro atoms. The summed E-state index contributed by atoms with van der Waals surface area (Å²) >= 11 is 0. The van der Waals surface area contributed by atoms with Crippen LogP contribution in [-0.2, 0) is 33.3 Å². The molecule has 0 radical (unpaired) electrons. The van der Waals surface area contributed by atoms with E-state index < -0.39 is 29.2 Å². The number of amides is 3. The zero-order valence-corrected chi connectivity index (χ0v) is 34.8. The normalized spacial score (nSPS) is 21.1. The highest BCUT2D eigenvalue weighted by Gasteiger charge is 2.44. The highest BCUT2D eigenvalue weighted by molar-refractivity contribution is 6.01. The number of benzene rings is 2. The molecule has 0 N–H and O–H groups in total. The number of hydrogen-bond acceptors (Lipinski definition) is 9. The lowest BCUT2D eigenvalue weighted by molar-refractivity contribution is -0.163. The fourth-order valence-electron chi connectivity index (χ4n) is 7.98.